The molecule has 0 saturated carbocycles. The lowest BCUT2D eigenvalue weighted by Gasteiger charge is -2.19. The second-order valence-corrected chi connectivity index (χ2v) is 7.37. The average molecular weight is 366 g/mol. The quantitative estimate of drug-likeness (QED) is 0.520. The summed E-state index contributed by atoms with van der Waals surface area (Å²) in [5.74, 6) is 0.0940. The van der Waals surface area contributed by atoms with Gasteiger partial charge in [-0.15, -0.1) is 0 Å². The highest BCUT2D eigenvalue weighted by Crippen LogP contribution is 2.26. The Labute approximate surface area is 157 Å². The number of hydrogen-bond acceptors (Lipinski definition) is 6. The number of hydrogen-bond donors (Lipinski definition) is 0. The van der Waals surface area contributed by atoms with E-state index in [1.165, 1.54) is 11.6 Å². The van der Waals surface area contributed by atoms with Gasteiger partial charge >= 0.3 is 5.97 Å². The molecule has 0 amide bonds. The summed E-state index contributed by atoms with van der Waals surface area (Å²) in [5.41, 5.74) is 2.05. The van der Waals surface area contributed by atoms with E-state index in [-0.39, 0.29) is 12.3 Å². The molecule has 140 valence electrons. The Morgan fingerprint density at radius 2 is 1.93 bits per heavy atom. The van der Waals surface area contributed by atoms with Crippen LogP contribution in [0.4, 0.5) is 0 Å². The first-order chi connectivity index (χ1) is 12.6. The molecule has 7 nitrogen and oxygen atoms in total. The number of fused-ring (bicyclic) bond motifs is 1. The molecule has 7 heteroatoms. The third-order valence-electron chi connectivity index (χ3n) is 3.85. The minimum Gasteiger partial charge on any atom is -0.459 e. The molecule has 0 radical (unpaired) electrons. The minimum atomic E-state index is -0.582. The number of aromatic nitrogens is 4. The summed E-state index contributed by atoms with van der Waals surface area (Å²) in [4.78, 5) is 32.8. The van der Waals surface area contributed by atoms with Crippen molar-refractivity contribution in [2.45, 2.75) is 46.8 Å². The van der Waals surface area contributed by atoms with E-state index in [2.05, 4.69) is 15.1 Å². The summed E-state index contributed by atoms with van der Waals surface area (Å²) in [6.45, 7) is 8.64. The van der Waals surface area contributed by atoms with Gasteiger partial charge in [-0.2, -0.15) is 5.10 Å². The highest BCUT2D eigenvalue weighted by molar-refractivity contribution is 6.06. The van der Waals surface area contributed by atoms with Gasteiger partial charge in [0.25, 0.3) is 0 Å². The Bertz CT molecular complexity index is 1030. The third kappa shape index (κ3) is 4.19. The van der Waals surface area contributed by atoms with Gasteiger partial charge in [0, 0.05) is 24.1 Å². The molecule has 0 saturated heterocycles. The topological polar surface area (TPSA) is 87.0 Å². The molecule has 0 bridgehead atoms. The number of carbonyl (C=O) groups excluding carboxylic acids is 2. The average Bonchev–Trinajstić information content (AvgIpc) is 2.91. The molecule has 3 rings (SSSR count). The molecular weight excluding hydrogens is 344 g/mol. The van der Waals surface area contributed by atoms with Crippen LogP contribution in [0.5, 0.6) is 0 Å². The maximum atomic E-state index is 12.2. The second kappa shape index (κ2) is 6.90. The molecule has 0 unspecified atom stereocenters. The van der Waals surface area contributed by atoms with Crippen LogP contribution in [0.15, 0.2) is 30.5 Å². The SMILES string of the molecule is CC(=O)c1nn(CC(=O)OC(C)(C)C)c2ccc(-c3ccnc(C)n3)cc12. The van der Waals surface area contributed by atoms with Crippen molar-refractivity contribution in [2.24, 2.45) is 0 Å². The summed E-state index contributed by atoms with van der Waals surface area (Å²) >= 11 is 0. The number of Topliss-reactive ketones (excluding diaryl/α,β-unsaturated/α-hetero) is 1. The number of rotatable bonds is 4. The summed E-state index contributed by atoms with van der Waals surface area (Å²) < 4.78 is 6.87. The molecule has 0 atom stereocenters. The molecule has 1 aromatic carbocycles. The normalized spacial score (nSPS) is 11.6. The van der Waals surface area contributed by atoms with Crippen molar-refractivity contribution < 1.29 is 14.3 Å². The van der Waals surface area contributed by atoms with Gasteiger partial charge < -0.3 is 4.74 Å². The summed E-state index contributed by atoms with van der Waals surface area (Å²) in [6.07, 6.45) is 1.69. The Kier molecular flexibility index (Phi) is 4.78. The molecule has 0 fully saturated rings. The Morgan fingerprint density at radius 1 is 1.19 bits per heavy atom. The lowest BCUT2D eigenvalue weighted by atomic mass is 10.1. The molecule has 0 aliphatic heterocycles. The Balaban J connectivity index is 2.05. The maximum Gasteiger partial charge on any atom is 0.328 e. The van der Waals surface area contributed by atoms with Crippen molar-refractivity contribution in [3.8, 4) is 11.3 Å². The third-order valence-corrected chi connectivity index (χ3v) is 3.85. The van der Waals surface area contributed by atoms with Crippen LogP contribution in [0.2, 0.25) is 0 Å². The van der Waals surface area contributed by atoms with Crippen molar-refractivity contribution in [3.63, 3.8) is 0 Å². The number of esters is 1. The first-order valence-corrected chi connectivity index (χ1v) is 8.67. The highest BCUT2D eigenvalue weighted by atomic mass is 16.6. The molecule has 0 aliphatic rings. The number of ether oxygens (including phenoxy) is 1. The summed E-state index contributed by atoms with van der Waals surface area (Å²) in [7, 11) is 0. The number of benzene rings is 1. The Morgan fingerprint density at radius 3 is 2.56 bits per heavy atom. The largest absolute Gasteiger partial charge is 0.459 e. The van der Waals surface area contributed by atoms with Crippen LogP contribution in [0.1, 0.15) is 44.0 Å². The zero-order valence-corrected chi connectivity index (χ0v) is 16.1. The van der Waals surface area contributed by atoms with Crippen molar-refractivity contribution in [1.29, 1.82) is 0 Å². The summed E-state index contributed by atoms with van der Waals surface area (Å²) in [5, 5.41) is 5.03. The van der Waals surface area contributed by atoms with Crippen LogP contribution in [0, 0.1) is 6.92 Å². The minimum absolute atomic E-state index is 0.0625. The zero-order chi connectivity index (χ0) is 19.8. The Hall–Kier alpha value is -3.09. The van der Waals surface area contributed by atoms with Crippen molar-refractivity contribution in [3.05, 3.63) is 42.0 Å². The lowest BCUT2D eigenvalue weighted by molar-refractivity contribution is -0.155. The van der Waals surface area contributed by atoms with Gasteiger partial charge in [0.15, 0.2) is 5.78 Å². The number of nitrogens with zero attached hydrogens (tertiary/aromatic N) is 4. The van der Waals surface area contributed by atoms with Gasteiger partial charge in [-0.1, -0.05) is 6.07 Å². The number of aryl methyl sites for hydroxylation is 1. The van der Waals surface area contributed by atoms with Gasteiger partial charge in [-0.25, -0.2) is 9.97 Å². The molecule has 0 spiro atoms. The maximum absolute atomic E-state index is 12.2. The van der Waals surface area contributed by atoms with Crippen LogP contribution in [0.25, 0.3) is 22.2 Å². The van der Waals surface area contributed by atoms with Gasteiger partial charge in [-0.05, 0) is 45.9 Å². The van der Waals surface area contributed by atoms with Gasteiger partial charge in [0.2, 0.25) is 0 Å². The first-order valence-electron chi connectivity index (χ1n) is 8.67. The van der Waals surface area contributed by atoms with Crippen LogP contribution in [-0.4, -0.2) is 37.1 Å². The fraction of sp³-hybridized carbons (Fsp3) is 0.350. The van der Waals surface area contributed by atoms with Gasteiger partial charge in [0.05, 0.1) is 11.2 Å². The first kappa shape index (κ1) is 18.7. The van der Waals surface area contributed by atoms with E-state index in [1.54, 1.807) is 6.20 Å². The van der Waals surface area contributed by atoms with E-state index in [0.29, 0.717) is 22.4 Å². The summed E-state index contributed by atoms with van der Waals surface area (Å²) in [6, 6.07) is 7.41. The van der Waals surface area contributed by atoms with E-state index in [0.717, 1.165) is 11.3 Å². The van der Waals surface area contributed by atoms with E-state index in [4.69, 9.17) is 4.74 Å². The monoisotopic (exact) mass is 366 g/mol. The lowest BCUT2D eigenvalue weighted by Crippen LogP contribution is -2.26. The van der Waals surface area contributed by atoms with E-state index < -0.39 is 11.6 Å². The smallest absolute Gasteiger partial charge is 0.328 e. The number of ketones is 1. The standard InChI is InChI=1S/C20H22N4O3/c1-12(25)19-15-10-14(16-8-9-21-13(2)22-16)6-7-17(15)24(23-19)11-18(26)27-20(3,4)5/h6-10H,11H2,1-5H3. The molecule has 27 heavy (non-hydrogen) atoms. The van der Waals surface area contributed by atoms with Crippen LogP contribution >= 0.6 is 0 Å². The van der Waals surface area contributed by atoms with Crippen LogP contribution in [0.3, 0.4) is 0 Å². The molecule has 2 aromatic heterocycles. The molecule has 0 aliphatic carbocycles. The van der Waals surface area contributed by atoms with Gasteiger partial charge in [0.1, 0.15) is 23.7 Å². The fourth-order valence-corrected chi connectivity index (χ4v) is 2.83. The van der Waals surface area contributed by atoms with Crippen LogP contribution in [-0.2, 0) is 16.1 Å². The predicted octanol–water partition coefficient (Wildman–Crippen LogP) is 3.35. The fourth-order valence-electron chi connectivity index (χ4n) is 2.83. The van der Waals surface area contributed by atoms with Crippen LogP contribution < -0.4 is 0 Å². The molecular formula is C20H22N4O3. The van der Waals surface area contributed by atoms with Gasteiger partial charge in [-0.3, -0.25) is 14.3 Å². The zero-order valence-electron chi connectivity index (χ0n) is 16.1. The molecule has 0 N–H and O–H groups in total. The second-order valence-electron chi connectivity index (χ2n) is 7.37. The molecule has 2 heterocycles. The highest BCUT2D eigenvalue weighted by Gasteiger charge is 2.20. The molecule has 3 aromatic rings. The van der Waals surface area contributed by atoms with Crippen molar-refractivity contribution in [1.82, 2.24) is 19.7 Å². The van der Waals surface area contributed by atoms with E-state index in [1.807, 2.05) is 52.0 Å². The predicted molar refractivity (Wildman–Crippen MR) is 101 cm³/mol. The van der Waals surface area contributed by atoms with E-state index >= 15 is 0 Å². The van der Waals surface area contributed by atoms with Crippen molar-refractivity contribution in [2.75, 3.05) is 0 Å². The van der Waals surface area contributed by atoms with E-state index in [9.17, 15) is 9.59 Å². The number of carbonyl (C=O) groups is 2. The van der Waals surface area contributed by atoms with Crippen molar-refractivity contribution >= 4 is 22.7 Å².